The summed E-state index contributed by atoms with van der Waals surface area (Å²) in [7, 11) is 0. The molecule has 0 saturated carbocycles. The van der Waals surface area contributed by atoms with Gasteiger partial charge < -0.3 is 10.4 Å². The van der Waals surface area contributed by atoms with Gasteiger partial charge in [-0.25, -0.2) is 0 Å². The number of benzene rings is 2. The number of hydrogen-bond donors (Lipinski definition) is 2. The largest absolute Gasteiger partial charge is 0.387 e. The molecule has 0 saturated heterocycles. The summed E-state index contributed by atoms with van der Waals surface area (Å²) in [6.45, 7) is 6.26. The molecule has 0 unspecified atom stereocenters. The Morgan fingerprint density at radius 3 is 2.67 bits per heavy atom. The summed E-state index contributed by atoms with van der Waals surface area (Å²) in [5.41, 5.74) is 0.942. The zero-order valence-electron chi connectivity index (χ0n) is 10.6. The quantitative estimate of drug-likeness (QED) is 0.789. The zero-order chi connectivity index (χ0) is 13.0. The van der Waals surface area contributed by atoms with Crippen molar-refractivity contribution in [3.63, 3.8) is 0 Å². The summed E-state index contributed by atoms with van der Waals surface area (Å²) in [4.78, 5) is 0. The van der Waals surface area contributed by atoms with Crippen LogP contribution in [-0.4, -0.2) is 17.7 Å². The SMILES string of the molecule is C=C[C@H](C)NC[C@@H](O)c1ccc2ccccc2c1. The standard InChI is InChI=1S/C16H19NO/c1-3-12(2)17-11-16(18)15-9-8-13-6-4-5-7-14(13)10-15/h3-10,12,16-18H,1,11H2,2H3/t12-,16+/m0/s1. The molecule has 0 aliphatic heterocycles. The van der Waals surface area contributed by atoms with Gasteiger partial charge in [-0.3, -0.25) is 0 Å². The molecule has 0 fully saturated rings. The third-order valence-electron chi connectivity index (χ3n) is 3.15. The maximum atomic E-state index is 10.1. The Labute approximate surface area is 108 Å². The summed E-state index contributed by atoms with van der Waals surface area (Å²) in [5.74, 6) is 0. The molecule has 2 N–H and O–H groups in total. The van der Waals surface area contributed by atoms with Crippen LogP contribution in [0.15, 0.2) is 55.1 Å². The molecule has 94 valence electrons. The van der Waals surface area contributed by atoms with Crippen LogP contribution in [0.4, 0.5) is 0 Å². The molecule has 2 rings (SSSR count). The van der Waals surface area contributed by atoms with Crippen LogP contribution < -0.4 is 5.32 Å². The van der Waals surface area contributed by atoms with Gasteiger partial charge in [0.05, 0.1) is 6.10 Å². The number of rotatable bonds is 5. The summed E-state index contributed by atoms with van der Waals surface area (Å²) in [6.07, 6.45) is 1.34. The maximum Gasteiger partial charge on any atom is 0.0914 e. The molecule has 0 amide bonds. The number of hydrogen-bond acceptors (Lipinski definition) is 2. The van der Waals surface area contributed by atoms with Gasteiger partial charge in [0, 0.05) is 12.6 Å². The van der Waals surface area contributed by atoms with Gasteiger partial charge in [0.25, 0.3) is 0 Å². The number of fused-ring (bicyclic) bond motifs is 1. The lowest BCUT2D eigenvalue weighted by atomic mass is 10.0. The molecule has 0 aliphatic rings. The van der Waals surface area contributed by atoms with Crippen molar-refractivity contribution in [2.45, 2.75) is 19.1 Å². The Bertz CT molecular complexity index is 535. The van der Waals surface area contributed by atoms with Gasteiger partial charge in [0.2, 0.25) is 0 Å². The van der Waals surface area contributed by atoms with Crippen LogP contribution in [-0.2, 0) is 0 Å². The third kappa shape index (κ3) is 2.97. The molecular formula is C16H19NO. The minimum absolute atomic E-state index is 0.208. The predicted molar refractivity (Wildman–Crippen MR) is 76.6 cm³/mol. The van der Waals surface area contributed by atoms with E-state index in [2.05, 4.69) is 24.0 Å². The lowest BCUT2D eigenvalue weighted by molar-refractivity contribution is 0.173. The minimum atomic E-state index is -0.489. The Kier molecular flexibility index (Phi) is 4.13. The molecule has 18 heavy (non-hydrogen) atoms. The minimum Gasteiger partial charge on any atom is -0.387 e. The van der Waals surface area contributed by atoms with E-state index >= 15 is 0 Å². The first-order valence-electron chi connectivity index (χ1n) is 6.23. The molecule has 2 aromatic rings. The summed E-state index contributed by atoms with van der Waals surface area (Å²) >= 11 is 0. The molecule has 0 aliphatic carbocycles. The normalized spacial score (nSPS) is 14.3. The van der Waals surface area contributed by atoms with Crippen LogP contribution in [0.1, 0.15) is 18.6 Å². The first-order valence-corrected chi connectivity index (χ1v) is 6.23. The van der Waals surface area contributed by atoms with Crippen LogP contribution in [0.3, 0.4) is 0 Å². The second kappa shape index (κ2) is 5.80. The van der Waals surface area contributed by atoms with E-state index in [1.54, 1.807) is 0 Å². The van der Waals surface area contributed by atoms with Crippen LogP contribution in [0.25, 0.3) is 10.8 Å². The van der Waals surface area contributed by atoms with Gasteiger partial charge in [0.1, 0.15) is 0 Å². The van der Waals surface area contributed by atoms with Crippen molar-refractivity contribution in [1.29, 1.82) is 0 Å². The molecule has 2 aromatic carbocycles. The molecule has 0 radical (unpaired) electrons. The fourth-order valence-electron chi connectivity index (χ4n) is 1.91. The van der Waals surface area contributed by atoms with Gasteiger partial charge >= 0.3 is 0 Å². The average Bonchev–Trinajstić information content (AvgIpc) is 2.43. The second-order valence-corrected chi connectivity index (χ2v) is 4.56. The van der Waals surface area contributed by atoms with Gasteiger partial charge in [-0.2, -0.15) is 0 Å². The van der Waals surface area contributed by atoms with Crippen LogP contribution >= 0.6 is 0 Å². The van der Waals surface area contributed by atoms with Crippen LogP contribution in [0.5, 0.6) is 0 Å². The van der Waals surface area contributed by atoms with Crippen LogP contribution in [0.2, 0.25) is 0 Å². The third-order valence-corrected chi connectivity index (χ3v) is 3.15. The molecule has 0 spiro atoms. The smallest absolute Gasteiger partial charge is 0.0914 e. The molecular weight excluding hydrogens is 222 g/mol. The first-order chi connectivity index (χ1) is 8.70. The topological polar surface area (TPSA) is 32.3 Å². The van der Waals surface area contributed by atoms with E-state index in [0.717, 1.165) is 10.9 Å². The average molecular weight is 241 g/mol. The van der Waals surface area contributed by atoms with Crippen molar-refractivity contribution in [3.8, 4) is 0 Å². The molecule has 0 heterocycles. The van der Waals surface area contributed by atoms with E-state index in [1.807, 2.05) is 43.3 Å². The highest BCUT2D eigenvalue weighted by Crippen LogP contribution is 2.20. The van der Waals surface area contributed by atoms with E-state index in [9.17, 15) is 5.11 Å². The van der Waals surface area contributed by atoms with Crippen molar-refractivity contribution < 1.29 is 5.11 Å². The Morgan fingerprint density at radius 1 is 1.22 bits per heavy atom. The van der Waals surface area contributed by atoms with E-state index in [4.69, 9.17) is 0 Å². The molecule has 0 bridgehead atoms. The predicted octanol–water partition coefficient (Wildman–Crippen LogP) is 3.04. The highest BCUT2D eigenvalue weighted by atomic mass is 16.3. The van der Waals surface area contributed by atoms with Crippen molar-refractivity contribution in [2.75, 3.05) is 6.54 Å². The molecule has 2 atom stereocenters. The van der Waals surface area contributed by atoms with Crippen molar-refractivity contribution in [1.82, 2.24) is 5.32 Å². The maximum absolute atomic E-state index is 10.1. The van der Waals surface area contributed by atoms with Crippen molar-refractivity contribution in [2.24, 2.45) is 0 Å². The highest BCUT2D eigenvalue weighted by molar-refractivity contribution is 5.83. The summed E-state index contributed by atoms with van der Waals surface area (Å²) in [5, 5.41) is 15.7. The fourth-order valence-corrected chi connectivity index (χ4v) is 1.91. The van der Waals surface area contributed by atoms with Gasteiger partial charge in [-0.15, -0.1) is 6.58 Å². The molecule has 0 aromatic heterocycles. The number of aliphatic hydroxyl groups excluding tert-OH is 1. The van der Waals surface area contributed by atoms with Crippen LogP contribution in [0, 0.1) is 0 Å². The van der Waals surface area contributed by atoms with E-state index in [1.165, 1.54) is 5.39 Å². The number of aliphatic hydroxyl groups is 1. The van der Waals surface area contributed by atoms with Gasteiger partial charge in [-0.1, -0.05) is 42.5 Å². The Balaban J connectivity index is 2.12. The lowest BCUT2D eigenvalue weighted by Crippen LogP contribution is -2.28. The fraction of sp³-hybridized carbons (Fsp3) is 0.250. The Morgan fingerprint density at radius 2 is 1.94 bits per heavy atom. The number of nitrogens with one attached hydrogen (secondary N) is 1. The molecule has 2 heteroatoms. The van der Waals surface area contributed by atoms with Crippen molar-refractivity contribution in [3.05, 3.63) is 60.7 Å². The van der Waals surface area contributed by atoms with Gasteiger partial charge in [0.15, 0.2) is 0 Å². The second-order valence-electron chi connectivity index (χ2n) is 4.56. The van der Waals surface area contributed by atoms with Crippen molar-refractivity contribution >= 4 is 10.8 Å². The van der Waals surface area contributed by atoms with Gasteiger partial charge in [-0.05, 0) is 29.3 Å². The highest BCUT2D eigenvalue weighted by Gasteiger charge is 2.08. The molecule has 2 nitrogen and oxygen atoms in total. The first kappa shape index (κ1) is 12.8. The van der Waals surface area contributed by atoms with E-state index < -0.39 is 6.10 Å². The zero-order valence-corrected chi connectivity index (χ0v) is 10.6. The summed E-state index contributed by atoms with van der Waals surface area (Å²) < 4.78 is 0. The summed E-state index contributed by atoms with van der Waals surface area (Å²) in [6, 6.07) is 14.4. The lowest BCUT2D eigenvalue weighted by Gasteiger charge is -2.15. The Hall–Kier alpha value is -1.64. The van der Waals surface area contributed by atoms with E-state index in [-0.39, 0.29) is 6.04 Å². The monoisotopic (exact) mass is 241 g/mol. The van der Waals surface area contributed by atoms with E-state index in [0.29, 0.717) is 6.54 Å².